The Labute approximate surface area is 72.9 Å². The molecule has 0 aliphatic rings. The second-order valence-electron chi connectivity index (χ2n) is 1.95. The second kappa shape index (κ2) is 3.51. The summed E-state index contributed by atoms with van der Waals surface area (Å²) in [5.41, 5.74) is 4.76. The van der Waals surface area contributed by atoms with Gasteiger partial charge in [-0.05, 0) is 0 Å². The monoisotopic (exact) mass is 235 g/mol. The van der Waals surface area contributed by atoms with Crippen molar-refractivity contribution >= 4 is 32.4 Å². The van der Waals surface area contributed by atoms with Crippen LogP contribution in [-0.2, 0) is 9.13 Å². The molecule has 6 N–H and O–H groups in total. The Morgan fingerprint density at radius 1 is 1.17 bits per heavy atom. The molecule has 0 aliphatic carbocycles. The van der Waals surface area contributed by atoms with E-state index in [4.69, 9.17) is 25.3 Å². The van der Waals surface area contributed by atoms with Gasteiger partial charge in [-0.1, -0.05) is 12.2 Å². The van der Waals surface area contributed by atoms with Crippen LogP contribution in [0.2, 0.25) is 0 Å². The van der Waals surface area contributed by atoms with Crippen LogP contribution in [0.25, 0.3) is 0 Å². The molecule has 0 heterocycles. The van der Waals surface area contributed by atoms with Crippen molar-refractivity contribution in [2.45, 2.75) is 5.40 Å². The van der Waals surface area contributed by atoms with Crippen LogP contribution in [0.15, 0.2) is 0 Å². The molecule has 0 aromatic heterocycles. The fourth-order valence-electron chi connectivity index (χ4n) is 0.527. The van der Waals surface area contributed by atoms with E-state index in [0.717, 1.165) is 0 Å². The average molecular weight is 235 g/mol. The maximum atomic E-state index is 10.5. The number of thiocarbonyl (C=S) groups is 1. The first-order valence-corrected chi connectivity index (χ1v) is 6.23. The SMILES string of the molecule is NC(=S)C(P(=O)(O)O)P(=O)(O)O. The van der Waals surface area contributed by atoms with Gasteiger partial charge in [-0.15, -0.1) is 0 Å². The van der Waals surface area contributed by atoms with E-state index in [1.807, 2.05) is 0 Å². The largest absolute Gasteiger partial charge is 0.392 e. The van der Waals surface area contributed by atoms with Crippen molar-refractivity contribution in [1.82, 2.24) is 0 Å². The third-order valence-corrected chi connectivity index (χ3v) is 5.11. The molecule has 10 heteroatoms. The van der Waals surface area contributed by atoms with Crippen LogP contribution < -0.4 is 5.73 Å². The maximum Gasteiger partial charge on any atom is 0.347 e. The Hall–Kier alpha value is 0.190. The van der Waals surface area contributed by atoms with Crippen molar-refractivity contribution < 1.29 is 28.7 Å². The Balaban J connectivity index is 5.11. The predicted molar refractivity (Wildman–Crippen MR) is 44.7 cm³/mol. The van der Waals surface area contributed by atoms with Gasteiger partial charge < -0.3 is 25.3 Å². The van der Waals surface area contributed by atoms with E-state index < -0.39 is 25.6 Å². The van der Waals surface area contributed by atoms with Crippen molar-refractivity contribution in [2.75, 3.05) is 0 Å². The summed E-state index contributed by atoms with van der Waals surface area (Å²) in [5.74, 6) is 0. The van der Waals surface area contributed by atoms with Gasteiger partial charge >= 0.3 is 15.2 Å². The lowest BCUT2D eigenvalue weighted by Gasteiger charge is -2.17. The van der Waals surface area contributed by atoms with E-state index in [1.165, 1.54) is 0 Å². The van der Waals surface area contributed by atoms with E-state index in [2.05, 4.69) is 12.2 Å². The molecule has 7 nitrogen and oxygen atoms in total. The molecule has 0 aromatic rings. The van der Waals surface area contributed by atoms with Gasteiger partial charge in [0.15, 0.2) is 0 Å². The van der Waals surface area contributed by atoms with Crippen LogP contribution in [0.3, 0.4) is 0 Å². The normalized spacial score (nSPS) is 13.4. The summed E-state index contributed by atoms with van der Waals surface area (Å²) in [6, 6.07) is 0. The highest BCUT2D eigenvalue weighted by atomic mass is 32.1. The molecule has 0 bridgehead atoms. The molecule has 0 aliphatic heterocycles. The smallest absolute Gasteiger partial charge is 0.347 e. The van der Waals surface area contributed by atoms with Crippen molar-refractivity contribution in [3.8, 4) is 0 Å². The van der Waals surface area contributed by atoms with Crippen molar-refractivity contribution in [2.24, 2.45) is 5.73 Å². The Morgan fingerprint density at radius 3 is 1.42 bits per heavy atom. The first-order valence-electron chi connectivity index (χ1n) is 2.46. The van der Waals surface area contributed by atoms with Gasteiger partial charge in [-0.3, -0.25) is 9.13 Å². The van der Waals surface area contributed by atoms with Crippen molar-refractivity contribution in [3.05, 3.63) is 0 Å². The fraction of sp³-hybridized carbons (Fsp3) is 0.500. The van der Waals surface area contributed by atoms with E-state index in [-0.39, 0.29) is 0 Å². The lowest BCUT2D eigenvalue weighted by Crippen LogP contribution is -2.26. The third kappa shape index (κ3) is 3.28. The minimum Gasteiger partial charge on any atom is -0.392 e. The topological polar surface area (TPSA) is 141 Å². The predicted octanol–water partition coefficient (Wildman–Crippen LogP) is -1.05. The average Bonchev–Trinajstić information content (AvgIpc) is 1.49. The lowest BCUT2D eigenvalue weighted by molar-refractivity contribution is 0.349. The van der Waals surface area contributed by atoms with Crippen LogP contribution in [0.4, 0.5) is 0 Å². The minimum absolute atomic E-state index is 0.892. The summed E-state index contributed by atoms with van der Waals surface area (Å²) in [4.78, 5) is 32.8. The zero-order chi connectivity index (χ0) is 10.2. The zero-order valence-corrected chi connectivity index (χ0v) is 8.17. The standard InChI is InChI=1S/C2H7NO6P2S/c3-1(12)2(10(4,5)6)11(7,8)9/h2H,(H2,3,12)(H2,4,5,6)(H2,7,8,9). The summed E-state index contributed by atoms with van der Waals surface area (Å²) >= 11 is 4.11. The molecule has 0 saturated carbocycles. The van der Waals surface area contributed by atoms with Gasteiger partial charge in [0.25, 0.3) is 0 Å². The summed E-state index contributed by atoms with van der Waals surface area (Å²) in [7, 11) is -9.97. The number of hydrogen-bond acceptors (Lipinski definition) is 3. The molecular formula is C2H7NO6P2S. The molecule has 0 radical (unpaired) electrons. The first kappa shape index (κ1) is 12.2. The lowest BCUT2D eigenvalue weighted by atomic mass is 10.8. The zero-order valence-electron chi connectivity index (χ0n) is 5.56. The van der Waals surface area contributed by atoms with Gasteiger partial charge in [-0.25, -0.2) is 0 Å². The van der Waals surface area contributed by atoms with Crippen LogP contribution in [-0.4, -0.2) is 30.0 Å². The number of hydrogen-bond donors (Lipinski definition) is 5. The van der Waals surface area contributed by atoms with Crippen LogP contribution in [0, 0.1) is 0 Å². The molecule has 72 valence electrons. The molecule has 0 atom stereocenters. The molecule has 0 saturated heterocycles. The highest BCUT2D eigenvalue weighted by Crippen LogP contribution is 2.59. The van der Waals surface area contributed by atoms with Crippen LogP contribution >= 0.6 is 27.4 Å². The number of rotatable bonds is 3. The second-order valence-corrected chi connectivity index (χ2v) is 6.22. The van der Waals surface area contributed by atoms with Crippen LogP contribution in [0.1, 0.15) is 0 Å². The third-order valence-electron chi connectivity index (χ3n) is 0.892. The molecule has 12 heavy (non-hydrogen) atoms. The molecule has 0 rings (SSSR count). The van der Waals surface area contributed by atoms with Crippen molar-refractivity contribution in [3.63, 3.8) is 0 Å². The summed E-state index contributed by atoms with van der Waals surface area (Å²) < 4.78 is 20.9. The Kier molecular flexibility index (Phi) is 3.57. The molecule has 0 amide bonds. The molecule has 0 spiro atoms. The molecule has 0 aromatic carbocycles. The quantitative estimate of drug-likeness (QED) is 0.308. The van der Waals surface area contributed by atoms with Gasteiger partial charge in [0, 0.05) is 0 Å². The highest BCUT2D eigenvalue weighted by Gasteiger charge is 2.45. The molecule has 0 fully saturated rings. The molecule has 0 unspecified atom stereocenters. The van der Waals surface area contributed by atoms with Gasteiger partial charge in [0.05, 0.1) is 0 Å². The highest BCUT2D eigenvalue weighted by molar-refractivity contribution is 7.84. The molecular weight excluding hydrogens is 228 g/mol. The van der Waals surface area contributed by atoms with E-state index in [0.29, 0.717) is 0 Å². The van der Waals surface area contributed by atoms with Crippen LogP contribution in [0.5, 0.6) is 0 Å². The summed E-state index contributed by atoms with van der Waals surface area (Å²) in [6.07, 6.45) is 0. The van der Waals surface area contributed by atoms with Crippen molar-refractivity contribution in [1.29, 1.82) is 0 Å². The van der Waals surface area contributed by atoms with E-state index in [1.54, 1.807) is 0 Å². The Bertz CT molecular complexity index is 255. The van der Waals surface area contributed by atoms with Gasteiger partial charge in [-0.2, -0.15) is 0 Å². The van der Waals surface area contributed by atoms with E-state index in [9.17, 15) is 9.13 Å². The maximum absolute atomic E-state index is 10.5. The van der Waals surface area contributed by atoms with E-state index >= 15 is 0 Å². The fourth-order valence-corrected chi connectivity index (χ4v) is 3.58. The van der Waals surface area contributed by atoms with Gasteiger partial charge in [0.2, 0.25) is 5.40 Å². The summed E-state index contributed by atoms with van der Waals surface area (Å²) in [5, 5.41) is -2.38. The van der Waals surface area contributed by atoms with Gasteiger partial charge in [0.1, 0.15) is 4.99 Å². The Morgan fingerprint density at radius 2 is 1.42 bits per heavy atom. The summed E-state index contributed by atoms with van der Waals surface area (Å²) in [6.45, 7) is 0. The minimum atomic E-state index is -4.98. The number of nitrogens with two attached hydrogens (primary N) is 1. The first-order chi connectivity index (χ1) is 5.07.